The fourth-order valence-corrected chi connectivity index (χ4v) is 5.70. The lowest BCUT2D eigenvalue weighted by Gasteiger charge is -2.39. The molecule has 0 saturated carbocycles. The Bertz CT molecular complexity index is 1410. The zero-order chi connectivity index (χ0) is 23.8. The number of fused-ring (bicyclic) bond motifs is 2. The zero-order valence-electron chi connectivity index (χ0n) is 19.1. The van der Waals surface area contributed by atoms with Gasteiger partial charge in [0.05, 0.1) is 17.0 Å². The van der Waals surface area contributed by atoms with Crippen molar-refractivity contribution in [1.29, 1.82) is 0 Å². The molecule has 0 radical (unpaired) electrons. The summed E-state index contributed by atoms with van der Waals surface area (Å²) in [7, 11) is 0. The zero-order valence-corrected chi connectivity index (χ0v) is 19.9. The van der Waals surface area contributed by atoms with E-state index in [9.17, 15) is 4.79 Å². The Hall–Kier alpha value is -3.90. The van der Waals surface area contributed by atoms with Crippen molar-refractivity contribution >= 4 is 29.3 Å². The van der Waals surface area contributed by atoms with E-state index in [1.807, 2.05) is 67.6 Å². The van der Waals surface area contributed by atoms with Crippen molar-refractivity contribution in [2.45, 2.75) is 24.2 Å². The van der Waals surface area contributed by atoms with Gasteiger partial charge in [0.1, 0.15) is 11.6 Å². The second-order valence-electron chi connectivity index (χ2n) is 8.51. The second-order valence-corrected chi connectivity index (χ2v) is 9.47. The highest BCUT2D eigenvalue weighted by atomic mass is 32.2. The molecule has 0 bridgehead atoms. The van der Waals surface area contributed by atoms with E-state index in [-0.39, 0.29) is 5.97 Å². The Morgan fingerprint density at radius 1 is 0.914 bits per heavy atom. The summed E-state index contributed by atoms with van der Waals surface area (Å²) in [6, 6.07) is 30.5. The van der Waals surface area contributed by atoms with Crippen LogP contribution in [-0.2, 0) is 21.7 Å². The number of carbonyl (C=O) groups excluding carboxylic acids is 1. The molecule has 2 aliphatic rings. The molecule has 35 heavy (non-hydrogen) atoms. The highest BCUT2D eigenvalue weighted by Gasteiger charge is 2.43. The predicted molar refractivity (Wildman–Crippen MR) is 136 cm³/mol. The molecule has 4 aromatic rings. The summed E-state index contributed by atoms with van der Waals surface area (Å²) in [5.74, 6) is 0.672. The third-order valence-electron chi connectivity index (χ3n) is 6.25. The van der Waals surface area contributed by atoms with E-state index >= 15 is 0 Å². The molecule has 5 nitrogen and oxygen atoms in total. The van der Waals surface area contributed by atoms with E-state index in [1.165, 1.54) is 11.8 Å². The summed E-state index contributed by atoms with van der Waals surface area (Å²) in [6.07, 6.45) is 0. The van der Waals surface area contributed by atoms with Crippen LogP contribution < -0.4 is 0 Å². The van der Waals surface area contributed by atoms with Crippen molar-refractivity contribution in [3.63, 3.8) is 0 Å². The molecule has 0 aliphatic carbocycles. The second kappa shape index (κ2) is 8.71. The summed E-state index contributed by atoms with van der Waals surface area (Å²) in [5, 5.41) is 0.651. The van der Waals surface area contributed by atoms with Gasteiger partial charge in [-0.2, -0.15) is 0 Å². The van der Waals surface area contributed by atoms with Gasteiger partial charge in [-0.25, -0.2) is 14.8 Å². The number of hydrogen-bond acceptors (Lipinski definition) is 6. The molecule has 0 fully saturated rings. The number of rotatable bonds is 5. The summed E-state index contributed by atoms with van der Waals surface area (Å²) >= 11 is 1.45. The van der Waals surface area contributed by atoms with Gasteiger partial charge in [0.15, 0.2) is 5.60 Å². The van der Waals surface area contributed by atoms with Crippen molar-refractivity contribution in [1.82, 2.24) is 4.98 Å². The number of nitrogens with zero attached hydrogens (tertiary/aromatic N) is 2. The number of hydrogen-bond donors (Lipinski definition) is 0. The van der Waals surface area contributed by atoms with E-state index in [4.69, 9.17) is 14.5 Å². The number of aromatic nitrogens is 1. The lowest BCUT2D eigenvalue weighted by molar-refractivity contribution is 0.0532. The van der Waals surface area contributed by atoms with Crippen LogP contribution in [0.1, 0.15) is 38.3 Å². The first kappa shape index (κ1) is 21.6. The molecule has 0 unspecified atom stereocenters. The van der Waals surface area contributed by atoms with E-state index in [2.05, 4.69) is 35.3 Å². The average molecular weight is 479 g/mol. The van der Waals surface area contributed by atoms with Crippen LogP contribution in [0.4, 0.5) is 5.69 Å². The first-order valence-electron chi connectivity index (χ1n) is 11.4. The van der Waals surface area contributed by atoms with E-state index in [0.29, 0.717) is 28.8 Å². The number of para-hydroxylation sites is 1. The Balaban J connectivity index is 1.44. The van der Waals surface area contributed by atoms with E-state index in [0.717, 1.165) is 33.6 Å². The van der Waals surface area contributed by atoms with Crippen LogP contribution in [0.5, 0.6) is 0 Å². The number of carbonyl (C=O) groups is 1. The van der Waals surface area contributed by atoms with Crippen LogP contribution in [0.15, 0.2) is 101 Å². The quantitative estimate of drug-likeness (QED) is 0.252. The highest BCUT2D eigenvalue weighted by molar-refractivity contribution is 8.00. The molecule has 0 atom stereocenters. The molecule has 1 aromatic heterocycles. The fourth-order valence-electron chi connectivity index (χ4n) is 4.75. The first-order valence-corrected chi connectivity index (χ1v) is 12.4. The molecule has 172 valence electrons. The summed E-state index contributed by atoms with van der Waals surface area (Å²) < 4.78 is 12.1. The summed E-state index contributed by atoms with van der Waals surface area (Å²) in [5.41, 5.74) is 5.33. The summed E-state index contributed by atoms with van der Waals surface area (Å²) in [4.78, 5) is 21.8. The minimum atomic E-state index is -0.850. The normalized spacial score (nSPS) is 15.5. The number of aliphatic imine (C=N–C) groups is 1. The SMILES string of the molecule is Cc1cc2c(c(SCC3=Nc4ccccc4C(c4ccccc4)(c4ccccc4)O3)n1)C(=O)OC2. The average Bonchev–Trinajstić information content (AvgIpc) is 3.28. The van der Waals surface area contributed by atoms with Gasteiger partial charge in [0, 0.05) is 27.9 Å². The van der Waals surface area contributed by atoms with Gasteiger partial charge in [-0.15, -0.1) is 0 Å². The van der Waals surface area contributed by atoms with Gasteiger partial charge >= 0.3 is 5.97 Å². The predicted octanol–water partition coefficient (Wildman–Crippen LogP) is 6.20. The molecule has 3 heterocycles. The first-order chi connectivity index (χ1) is 17.1. The lowest BCUT2D eigenvalue weighted by atomic mass is 9.79. The van der Waals surface area contributed by atoms with Crippen LogP contribution in [0.2, 0.25) is 0 Å². The monoisotopic (exact) mass is 478 g/mol. The number of cyclic esters (lactones) is 1. The Morgan fingerprint density at radius 3 is 2.29 bits per heavy atom. The summed E-state index contributed by atoms with van der Waals surface area (Å²) in [6.45, 7) is 2.22. The maximum atomic E-state index is 12.3. The van der Waals surface area contributed by atoms with Crippen LogP contribution in [-0.4, -0.2) is 22.6 Å². The van der Waals surface area contributed by atoms with Gasteiger partial charge in [-0.3, -0.25) is 0 Å². The largest absolute Gasteiger partial charge is 0.459 e. The number of esters is 1. The smallest absolute Gasteiger partial charge is 0.341 e. The number of pyridine rings is 1. The highest BCUT2D eigenvalue weighted by Crippen LogP contribution is 2.47. The van der Waals surface area contributed by atoms with Crippen molar-refractivity contribution in [2.24, 2.45) is 4.99 Å². The molecule has 6 rings (SSSR count). The lowest BCUT2D eigenvalue weighted by Crippen LogP contribution is -2.38. The van der Waals surface area contributed by atoms with Crippen molar-refractivity contribution < 1.29 is 14.3 Å². The minimum absolute atomic E-state index is 0.293. The third-order valence-corrected chi connectivity index (χ3v) is 7.21. The molecular weight excluding hydrogens is 456 g/mol. The Labute approximate surface area is 207 Å². The molecule has 3 aromatic carbocycles. The standard InChI is InChI=1S/C29H22N2O3S/c1-19-16-20-17-33-28(32)26(20)27(30-19)35-18-25-31-24-15-9-8-14-23(24)29(34-25,21-10-4-2-5-11-21)22-12-6-3-7-13-22/h2-16H,17-18H2,1H3. The van der Waals surface area contributed by atoms with Gasteiger partial charge < -0.3 is 9.47 Å². The third kappa shape index (κ3) is 3.70. The van der Waals surface area contributed by atoms with Crippen molar-refractivity contribution in [2.75, 3.05) is 5.75 Å². The number of ether oxygens (including phenoxy) is 2. The van der Waals surface area contributed by atoms with Crippen molar-refractivity contribution in [3.05, 3.63) is 125 Å². The van der Waals surface area contributed by atoms with Gasteiger partial charge in [0.25, 0.3) is 0 Å². The van der Waals surface area contributed by atoms with Gasteiger partial charge in [-0.1, -0.05) is 90.6 Å². The van der Waals surface area contributed by atoms with Crippen LogP contribution in [0.25, 0.3) is 0 Å². The molecule has 0 amide bonds. The minimum Gasteiger partial charge on any atom is -0.459 e. The van der Waals surface area contributed by atoms with Gasteiger partial charge in [-0.05, 0) is 19.1 Å². The number of benzene rings is 3. The van der Waals surface area contributed by atoms with E-state index in [1.54, 1.807) is 0 Å². The van der Waals surface area contributed by atoms with E-state index < -0.39 is 5.60 Å². The van der Waals surface area contributed by atoms with Crippen LogP contribution >= 0.6 is 11.8 Å². The maximum absolute atomic E-state index is 12.3. The van der Waals surface area contributed by atoms with Crippen LogP contribution in [0.3, 0.4) is 0 Å². The Kier molecular flexibility index (Phi) is 5.38. The molecule has 0 saturated heterocycles. The number of thioether (sulfide) groups is 1. The van der Waals surface area contributed by atoms with Gasteiger partial charge in [0.2, 0.25) is 5.90 Å². The molecule has 6 heteroatoms. The van der Waals surface area contributed by atoms with Crippen molar-refractivity contribution in [3.8, 4) is 0 Å². The Morgan fingerprint density at radius 2 is 1.57 bits per heavy atom. The molecule has 0 spiro atoms. The molecule has 0 N–H and O–H groups in total. The number of aryl methyl sites for hydroxylation is 1. The molecule has 2 aliphatic heterocycles. The molecular formula is C29H22N2O3S. The topological polar surface area (TPSA) is 60.8 Å². The van der Waals surface area contributed by atoms with Crippen LogP contribution in [0, 0.1) is 6.92 Å². The maximum Gasteiger partial charge on any atom is 0.341 e. The fraction of sp³-hybridized carbons (Fsp3) is 0.138.